The number of aromatic nitrogens is 1. The third kappa shape index (κ3) is 3.94. The first kappa shape index (κ1) is 15.3. The molecule has 0 atom stereocenters. The van der Waals surface area contributed by atoms with Crippen LogP contribution in [0.3, 0.4) is 0 Å². The highest BCUT2D eigenvalue weighted by atomic mass is 79.9. The van der Waals surface area contributed by atoms with E-state index in [4.69, 9.17) is 11.6 Å². The number of hydrogen-bond donors (Lipinski definition) is 2. The number of carbonyl (C=O) groups excluding carboxylic acids is 1. The SMILES string of the molecule is CCNc1ncc(C(=O)NCc2cc(Br)cs2)cc1Cl. The first-order valence-electron chi connectivity index (χ1n) is 6.00. The Morgan fingerprint density at radius 1 is 1.50 bits per heavy atom. The molecule has 0 spiro atoms. The number of anilines is 1. The van der Waals surface area contributed by atoms with Crippen LogP contribution in [0.25, 0.3) is 0 Å². The van der Waals surface area contributed by atoms with Crippen LogP contribution in [-0.4, -0.2) is 17.4 Å². The molecule has 7 heteroatoms. The number of carbonyl (C=O) groups is 1. The second kappa shape index (κ2) is 7.06. The quantitative estimate of drug-likeness (QED) is 0.834. The van der Waals surface area contributed by atoms with E-state index >= 15 is 0 Å². The van der Waals surface area contributed by atoms with E-state index in [0.717, 1.165) is 15.9 Å². The first-order valence-corrected chi connectivity index (χ1v) is 8.05. The third-order valence-electron chi connectivity index (χ3n) is 2.49. The van der Waals surface area contributed by atoms with Crippen molar-refractivity contribution in [1.29, 1.82) is 0 Å². The Kier molecular flexibility index (Phi) is 5.39. The summed E-state index contributed by atoms with van der Waals surface area (Å²) in [4.78, 5) is 17.2. The number of thiophene rings is 1. The molecule has 0 aliphatic carbocycles. The highest BCUT2D eigenvalue weighted by Gasteiger charge is 2.10. The van der Waals surface area contributed by atoms with Gasteiger partial charge in [0.25, 0.3) is 5.91 Å². The summed E-state index contributed by atoms with van der Waals surface area (Å²) in [6.45, 7) is 3.17. The van der Waals surface area contributed by atoms with E-state index < -0.39 is 0 Å². The molecule has 1 amide bonds. The van der Waals surface area contributed by atoms with Gasteiger partial charge in [-0.1, -0.05) is 11.6 Å². The zero-order valence-electron chi connectivity index (χ0n) is 10.7. The minimum atomic E-state index is -0.188. The van der Waals surface area contributed by atoms with Crippen LogP contribution in [0.5, 0.6) is 0 Å². The number of rotatable bonds is 5. The fourth-order valence-electron chi connectivity index (χ4n) is 1.58. The molecule has 0 unspecified atom stereocenters. The molecule has 4 nitrogen and oxygen atoms in total. The lowest BCUT2D eigenvalue weighted by Gasteiger charge is -2.07. The average Bonchev–Trinajstić information content (AvgIpc) is 2.84. The van der Waals surface area contributed by atoms with E-state index in [9.17, 15) is 4.79 Å². The first-order chi connectivity index (χ1) is 9.60. The van der Waals surface area contributed by atoms with Crippen LogP contribution in [0.1, 0.15) is 22.2 Å². The van der Waals surface area contributed by atoms with Crippen LogP contribution >= 0.6 is 38.9 Å². The van der Waals surface area contributed by atoms with E-state index in [1.54, 1.807) is 17.4 Å². The Bertz CT molecular complexity index is 617. The van der Waals surface area contributed by atoms with Crippen LogP contribution in [0, 0.1) is 0 Å². The Labute approximate surface area is 134 Å². The van der Waals surface area contributed by atoms with Crippen LogP contribution in [0.15, 0.2) is 28.2 Å². The molecule has 2 heterocycles. The topological polar surface area (TPSA) is 54.0 Å². The summed E-state index contributed by atoms with van der Waals surface area (Å²) in [5.74, 6) is 0.403. The van der Waals surface area contributed by atoms with Crippen molar-refractivity contribution in [2.45, 2.75) is 13.5 Å². The largest absolute Gasteiger partial charge is 0.369 e. The number of hydrogen-bond acceptors (Lipinski definition) is 4. The Morgan fingerprint density at radius 3 is 2.90 bits per heavy atom. The lowest BCUT2D eigenvalue weighted by atomic mass is 10.2. The molecule has 0 aliphatic rings. The summed E-state index contributed by atoms with van der Waals surface area (Å²) in [5, 5.41) is 8.28. The minimum absolute atomic E-state index is 0.188. The Balaban J connectivity index is 2.00. The third-order valence-corrected chi connectivity index (χ3v) is 4.48. The maximum atomic E-state index is 12.0. The predicted molar refractivity (Wildman–Crippen MR) is 86.6 cm³/mol. The molecule has 2 N–H and O–H groups in total. The predicted octanol–water partition coefficient (Wildman–Crippen LogP) is 3.92. The van der Waals surface area contributed by atoms with Crippen molar-refractivity contribution in [3.8, 4) is 0 Å². The van der Waals surface area contributed by atoms with Crippen molar-refractivity contribution in [3.63, 3.8) is 0 Å². The molecule has 106 valence electrons. The maximum absolute atomic E-state index is 12.0. The second-order valence-electron chi connectivity index (χ2n) is 4.00. The number of nitrogens with one attached hydrogen (secondary N) is 2. The molecular weight excluding hydrogens is 362 g/mol. The van der Waals surface area contributed by atoms with Gasteiger partial charge in [0.05, 0.1) is 17.1 Å². The van der Waals surface area contributed by atoms with Gasteiger partial charge in [-0.15, -0.1) is 11.3 Å². The summed E-state index contributed by atoms with van der Waals surface area (Å²) in [5.41, 5.74) is 0.451. The van der Waals surface area contributed by atoms with Crippen LogP contribution in [-0.2, 0) is 6.54 Å². The fraction of sp³-hybridized carbons (Fsp3) is 0.231. The molecular formula is C13H13BrClN3OS. The molecule has 2 rings (SSSR count). The number of nitrogens with zero attached hydrogens (tertiary/aromatic N) is 1. The van der Waals surface area contributed by atoms with Crippen LogP contribution < -0.4 is 10.6 Å². The van der Waals surface area contributed by atoms with Gasteiger partial charge in [0.15, 0.2) is 0 Å². The fourth-order valence-corrected chi connectivity index (χ4v) is 3.20. The maximum Gasteiger partial charge on any atom is 0.253 e. The molecule has 0 fully saturated rings. The van der Waals surface area contributed by atoms with Crippen molar-refractivity contribution >= 4 is 50.6 Å². The number of halogens is 2. The Hall–Kier alpha value is -1.11. The monoisotopic (exact) mass is 373 g/mol. The Morgan fingerprint density at radius 2 is 2.30 bits per heavy atom. The van der Waals surface area contributed by atoms with Gasteiger partial charge in [-0.25, -0.2) is 4.98 Å². The molecule has 0 radical (unpaired) electrons. The standard InChI is InChI=1S/C13H13BrClN3OS/c1-2-16-12-11(15)3-8(5-17-12)13(19)18-6-10-4-9(14)7-20-10/h3-5,7H,2,6H2,1H3,(H,16,17)(H,18,19). The van der Waals surface area contributed by atoms with Gasteiger partial charge in [-0.2, -0.15) is 0 Å². The van der Waals surface area contributed by atoms with E-state index in [-0.39, 0.29) is 5.91 Å². The number of amides is 1. The van der Waals surface area contributed by atoms with Crippen LogP contribution in [0.2, 0.25) is 5.02 Å². The smallest absolute Gasteiger partial charge is 0.253 e. The summed E-state index contributed by atoms with van der Waals surface area (Å²) >= 11 is 11.0. The van der Waals surface area contributed by atoms with Crippen LogP contribution in [0.4, 0.5) is 5.82 Å². The van der Waals surface area contributed by atoms with Gasteiger partial charge >= 0.3 is 0 Å². The van der Waals surface area contributed by atoms with Gasteiger partial charge < -0.3 is 10.6 Å². The molecule has 0 aromatic carbocycles. The summed E-state index contributed by atoms with van der Waals surface area (Å²) in [7, 11) is 0. The average molecular weight is 375 g/mol. The molecule has 20 heavy (non-hydrogen) atoms. The van der Waals surface area contributed by atoms with Crippen molar-refractivity contribution < 1.29 is 4.79 Å². The van der Waals surface area contributed by atoms with Gasteiger partial charge in [-0.05, 0) is 35.0 Å². The van der Waals surface area contributed by atoms with E-state index in [1.807, 2.05) is 18.4 Å². The molecule has 0 bridgehead atoms. The van der Waals surface area contributed by atoms with Gasteiger partial charge in [-0.3, -0.25) is 4.79 Å². The zero-order valence-corrected chi connectivity index (χ0v) is 13.9. The summed E-state index contributed by atoms with van der Waals surface area (Å²) in [6.07, 6.45) is 1.52. The molecule has 2 aromatic heterocycles. The highest BCUT2D eigenvalue weighted by Crippen LogP contribution is 2.21. The second-order valence-corrected chi connectivity index (χ2v) is 6.32. The molecule has 2 aromatic rings. The lowest BCUT2D eigenvalue weighted by Crippen LogP contribution is -2.22. The zero-order chi connectivity index (χ0) is 14.5. The summed E-state index contributed by atoms with van der Waals surface area (Å²) < 4.78 is 1.02. The van der Waals surface area contributed by atoms with Gasteiger partial charge in [0, 0.05) is 27.5 Å². The summed E-state index contributed by atoms with van der Waals surface area (Å²) in [6, 6.07) is 3.59. The van der Waals surface area contributed by atoms with Crippen molar-refractivity contribution in [2.75, 3.05) is 11.9 Å². The highest BCUT2D eigenvalue weighted by molar-refractivity contribution is 9.10. The van der Waals surface area contributed by atoms with Gasteiger partial charge in [0.2, 0.25) is 0 Å². The molecule has 0 saturated carbocycles. The normalized spacial score (nSPS) is 10.3. The van der Waals surface area contributed by atoms with Crippen molar-refractivity contribution in [1.82, 2.24) is 10.3 Å². The minimum Gasteiger partial charge on any atom is -0.369 e. The lowest BCUT2D eigenvalue weighted by molar-refractivity contribution is 0.0951. The van der Waals surface area contributed by atoms with Crippen molar-refractivity contribution in [3.05, 3.63) is 43.6 Å². The molecule has 0 saturated heterocycles. The molecule has 0 aliphatic heterocycles. The van der Waals surface area contributed by atoms with E-state index in [1.165, 1.54) is 6.20 Å². The van der Waals surface area contributed by atoms with Gasteiger partial charge in [0.1, 0.15) is 5.82 Å². The number of pyridine rings is 1. The van der Waals surface area contributed by atoms with E-state index in [0.29, 0.717) is 22.9 Å². The van der Waals surface area contributed by atoms with E-state index in [2.05, 4.69) is 31.5 Å². The van der Waals surface area contributed by atoms with Crippen molar-refractivity contribution in [2.24, 2.45) is 0 Å².